The third-order valence-corrected chi connectivity index (χ3v) is 3.99. The van der Waals surface area contributed by atoms with Crippen LogP contribution in [0.4, 0.5) is 0 Å². The van der Waals surface area contributed by atoms with Crippen LogP contribution in [0.3, 0.4) is 0 Å². The van der Waals surface area contributed by atoms with Crippen LogP contribution in [0.1, 0.15) is 38.5 Å². The van der Waals surface area contributed by atoms with Crippen molar-refractivity contribution >= 4 is 11.9 Å². The molecule has 2 aliphatic heterocycles. The van der Waals surface area contributed by atoms with Crippen LogP contribution in [0.15, 0.2) is 0 Å². The van der Waals surface area contributed by atoms with E-state index < -0.39 is 24.1 Å². The largest absolute Gasteiger partial charge is 0.479 e. The fourth-order valence-electron chi connectivity index (χ4n) is 2.71. The molecule has 6 N–H and O–H groups in total. The molecule has 0 aliphatic carbocycles. The van der Waals surface area contributed by atoms with E-state index in [0.717, 1.165) is 12.1 Å². The van der Waals surface area contributed by atoms with Gasteiger partial charge in [-0.05, 0) is 38.8 Å². The van der Waals surface area contributed by atoms with E-state index in [0.29, 0.717) is 0 Å². The molecule has 2 aliphatic rings. The van der Waals surface area contributed by atoms with Crippen LogP contribution < -0.4 is 10.6 Å². The van der Waals surface area contributed by atoms with E-state index in [1.54, 1.807) is 0 Å². The average Bonchev–Trinajstić information content (AvgIpc) is 2.55. The van der Waals surface area contributed by atoms with Gasteiger partial charge in [-0.25, -0.2) is 9.59 Å². The number of nitrogens with one attached hydrogen (secondary N) is 2. The van der Waals surface area contributed by atoms with Gasteiger partial charge in [-0.1, -0.05) is 12.8 Å². The number of carboxylic acids is 2. The molecule has 4 unspecified atom stereocenters. The normalized spacial score (nSPS) is 27.9. The first-order valence-electron chi connectivity index (χ1n) is 7.72. The second-order valence-electron chi connectivity index (χ2n) is 5.68. The van der Waals surface area contributed by atoms with Crippen LogP contribution in [0.5, 0.6) is 0 Å². The number of carboxylic acid groups (broad SMARTS) is 2. The van der Waals surface area contributed by atoms with Crippen molar-refractivity contribution in [2.24, 2.45) is 0 Å². The lowest BCUT2D eigenvalue weighted by Crippen LogP contribution is -2.51. The van der Waals surface area contributed by atoms with Crippen molar-refractivity contribution in [3.63, 3.8) is 0 Å². The van der Waals surface area contributed by atoms with E-state index in [-0.39, 0.29) is 0 Å². The first kappa shape index (κ1) is 18.8. The number of aliphatic hydroxyl groups is 2. The van der Waals surface area contributed by atoms with Crippen LogP contribution in [-0.4, -0.2) is 69.7 Å². The number of aliphatic carboxylic acids is 2. The van der Waals surface area contributed by atoms with E-state index in [4.69, 9.17) is 20.4 Å². The van der Waals surface area contributed by atoms with Crippen molar-refractivity contribution in [3.05, 3.63) is 0 Å². The molecule has 0 radical (unpaired) electrons. The molecular formula is C14H26N2O6. The third kappa shape index (κ3) is 6.27. The van der Waals surface area contributed by atoms with Crippen molar-refractivity contribution in [2.75, 3.05) is 13.1 Å². The van der Waals surface area contributed by atoms with E-state index >= 15 is 0 Å². The maximum absolute atomic E-state index is 9.77. The number of hydrogen-bond donors (Lipinski definition) is 6. The Kier molecular flexibility index (Phi) is 8.32. The number of rotatable bonds is 4. The minimum absolute atomic E-state index is 0.777. The second-order valence-corrected chi connectivity index (χ2v) is 5.68. The fourth-order valence-corrected chi connectivity index (χ4v) is 2.71. The van der Waals surface area contributed by atoms with Gasteiger partial charge < -0.3 is 31.1 Å². The molecule has 4 atom stereocenters. The topological polar surface area (TPSA) is 139 Å². The van der Waals surface area contributed by atoms with Crippen molar-refractivity contribution in [1.29, 1.82) is 0 Å². The maximum atomic E-state index is 9.77. The molecule has 0 spiro atoms. The van der Waals surface area contributed by atoms with Gasteiger partial charge in [0, 0.05) is 12.1 Å². The minimum atomic E-state index is -2.27. The zero-order valence-corrected chi connectivity index (χ0v) is 12.6. The summed E-state index contributed by atoms with van der Waals surface area (Å²) in [7, 11) is 0. The van der Waals surface area contributed by atoms with E-state index in [2.05, 4.69) is 10.6 Å². The van der Waals surface area contributed by atoms with Gasteiger partial charge >= 0.3 is 11.9 Å². The second kappa shape index (κ2) is 9.73. The molecule has 2 saturated heterocycles. The molecule has 128 valence electrons. The van der Waals surface area contributed by atoms with Crippen molar-refractivity contribution < 1.29 is 30.0 Å². The first-order chi connectivity index (χ1) is 10.4. The summed E-state index contributed by atoms with van der Waals surface area (Å²) >= 11 is 0. The smallest absolute Gasteiger partial charge is 0.335 e. The van der Waals surface area contributed by atoms with Crippen LogP contribution in [0.2, 0.25) is 0 Å². The SMILES string of the molecule is C1CCC(C2CCCCN2)NC1.O=C(O)C(O)C(O)C(=O)O. The molecule has 0 amide bonds. The molecule has 0 aromatic carbocycles. The van der Waals surface area contributed by atoms with Gasteiger partial charge in [0.15, 0.2) is 12.2 Å². The third-order valence-electron chi connectivity index (χ3n) is 3.99. The molecule has 0 aromatic rings. The summed E-state index contributed by atoms with van der Waals surface area (Å²) in [4.78, 5) is 19.5. The number of carbonyl (C=O) groups is 2. The molecule has 2 rings (SSSR count). The van der Waals surface area contributed by atoms with Gasteiger partial charge in [-0.3, -0.25) is 0 Å². The molecule has 0 saturated carbocycles. The molecule has 2 fully saturated rings. The lowest BCUT2D eigenvalue weighted by molar-refractivity contribution is -0.165. The predicted molar refractivity (Wildman–Crippen MR) is 78.6 cm³/mol. The Hall–Kier alpha value is -1.22. The Labute approximate surface area is 129 Å². The van der Waals surface area contributed by atoms with Gasteiger partial charge in [0.1, 0.15) is 0 Å². The van der Waals surface area contributed by atoms with Gasteiger partial charge in [0.05, 0.1) is 0 Å². The maximum Gasteiger partial charge on any atom is 0.335 e. The van der Waals surface area contributed by atoms with Gasteiger partial charge in [0.2, 0.25) is 0 Å². The zero-order chi connectivity index (χ0) is 16.5. The summed E-state index contributed by atoms with van der Waals surface area (Å²) in [6.07, 6.45) is 3.85. The summed E-state index contributed by atoms with van der Waals surface area (Å²) in [5.41, 5.74) is 0. The van der Waals surface area contributed by atoms with Crippen molar-refractivity contribution in [1.82, 2.24) is 10.6 Å². The molecular weight excluding hydrogens is 292 g/mol. The monoisotopic (exact) mass is 318 g/mol. The van der Waals surface area contributed by atoms with Crippen molar-refractivity contribution in [3.8, 4) is 0 Å². The minimum Gasteiger partial charge on any atom is -0.479 e. The lowest BCUT2D eigenvalue weighted by atomic mass is 9.92. The van der Waals surface area contributed by atoms with Crippen molar-refractivity contribution in [2.45, 2.75) is 62.8 Å². The van der Waals surface area contributed by atoms with Crippen LogP contribution in [0.25, 0.3) is 0 Å². The predicted octanol–water partition coefficient (Wildman–Crippen LogP) is -0.852. The Morgan fingerprint density at radius 1 is 0.773 bits per heavy atom. The highest BCUT2D eigenvalue weighted by atomic mass is 16.4. The molecule has 0 bridgehead atoms. The summed E-state index contributed by atoms with van der Waals surface area (Å²) in [5, 5.41) is 39.8. The molecule has 0 aromatic heterocycles. The number of aliphatic hydroxyl groups excluding tert-OH is 2. The highest BCUT2D eigenvalue weighted by Gasteiger charge is 2.29. The summed E-state index contributed by atoms with van der Waals surface area (Å²) in [5.74, 6) is -3.54. The van der Waals surface area contributed by atoms with Gasteiger partial charge in [-0.15, -0.1) is 0 Å². The quantitative estimate of drug-likeness (QED) is 0.394. The molecule has 8 heteroatoms. The summed E-state index contributed by atoms with van der Waals surface area (Å²) in [6, 6.07) is 1.55. The Balaban J connectivity index is 0.000000225. The van der Waals surface area contributed by atoms with E-state index in [1.807, 2.05) is 0 Å². The average molecular weight is 318 g/mol. The lowest BCUT2D eigenvalue weighted by Gasteiger charge is -2.34. The Morgan fingerprint density at radius 2 is 1.14 bits per heavy atom. The van der Waals surface area contributed by atoms with Gasteiger partial charge in [0.25, 0.3) is 0 Å². The summed E-state index contributed by atoms with van der Waals surface area (Å²) < 4.78 is 0. The zero-order valence-electron chi connectivity index (χ0n) is 12.6. The highest BCUT2D eigenvalue weighted by Crippen LogP contribution is 2.17. The molecule has 22 heavy (non-hydrogen) atoms. The van der Waals surface area contributed by atoms with Crippen LogP contribution in [0, 0.1) is 0 Å². The Morgan fingerprint density at radius 3 is 1.36 bits per heavy atom. The van der Waals surface area contributed by atoms with E-state index in [9.17, 15) is 9.59 Å². The van der Waals surface area contributed by atoms with Crippen LogP contribution in [-0.2, 0) is 9.59 Å². The highest BCUT2D eigenvalue weighted by molar-refractivity contribution is 5.83. The standard InChI is InChI=1S/C10H20N2.C4H6O6/c1-3-7-11-9(5-1)10-6-2-4-8-12-10;5-1(3(7)8)2(6)4(9)10/h9-12H,1-8H2;1-2,5-6H,(H,7,8)(H,9,10). The van der Waals surface area contributed by atoms with E-state index in [1.165, 1.54) is 51.6 Å². The number of hydrogen-bond acceptors (Lipinski definition) is 6. The number of piperidine rings is 2. The fraction of sp³-hybridized carbons (Fsp3) is 0.857. The van der Waals surface area contributed by atoms with Crippen LogP contribution >= 0.6 is 0 Å². The van der Waals surface area contributed by atoms with Gasteiger partial charge in [-0.2, -0.15) is 0 Å². The molecule has 2 heterocycles. The summed E-state index contributed by atoms with van der Waals surface area (Å²) in [6.45, 7) is 2.48. The Bertz CT molecular complexity index is 319. The molecule has 8 nitrogen and oxygen atoms in total. The first-order valence-corrected chi connectivity index (χ1v) is 7.72.